The fraction of sp³-hybridized carbons (Fsp3) is 0.818. The van der Waals surface area contributed by atoms with Crippen molar-refractivity contribution in [3.63, 3.8) is 0 Å². The summed E-state index contributed by atoms with van der Waals surface area (Å²) in [5, 5.41) is 9.57. The summed E-state index contributed by atoms with van der Waals surface area (Å²) in [7, 11) is 0. The summed E-state index contributed by atoms with van der Waals surface area (Å²) in [5.74, 6) is -2.58. The lowest BCUT2D eigenvalue weighted by molar-refractivity contribution is -0.220. The SMILES string of the molecule is CC(=O)OC1C(=O)OC2C(OC(C)(C)O)COC12. The van der Waals surface area contributed by atoms with Crippen molar-refractivity contribution in [1.29, 1.82) is 0 Å². The summed E-state index contributed by atoms with van der Waals surface area (Å²) in [6.45, 7) is 4.33. The van der Waals surface area contributed by atoms with E-state index in [2.05, 4.69) is 0 Å². The third-order valence-electron chi connectivity index (χ3n) is 2.66. The predicted molar refractivity (Wildman–Crippen MR) is 56.3 cm³/mol. The summed E-state index contributed by atoms with van der Waals surface area (Å²) >= 11 is 0. The molecule has 0 bridgehead atoms. The Bertz CT molecular complexity index is 359. The molecule has 0 aromatic heterocycles. The molecular weight excluding hydrogens is 244 g/mol. The van der Waals surface area contributed by atoms with Gasteiger partial charge in [0.1, 0.15) is 12.2 Å². The zero-order chi connectivity index (χ0) is 13.5. The molecule has 2 heterocycles. The average molecular weight is 260 g/mol. The summed E-state index contributed by atoms with van der Waals surface area (Å²) < 4.78 is 20.6. The second kappa shape index (κ2) is 4.49. The smallest absolute Gasteiger partial charge is 0.350 e. The molecule has 2 rings (SSSR count). The van der Waals surface area contributed by atoms with E-state index < -0.39 is 42.1 Å². The van der Waals surface area contributed by atoms with E-state index >= 15 is 0 Å². The highest BCUT2D eigenvalue weighted by Gasteiger charge is 2.56. The number of aliphatic hydroxyl groups is 1. The van der Waals surface area contributed by atoms with Gasteiger partial charge in [-0.1, -0.05) is 0 Å². The third-order valence-corrected chi connectivity index (χ3v) is 2.66. The predicted octanol–water partition coefficient (Wildman–Crippen LogP) is -0.644. The Labute approximate surface area is 104 Å². The van der Waals surface area contributed by atoms with Crippen molar-refractivity contribution in [2.45, 2.75) is 51.0 Å². The summed E-state index contributed by atoms with van der Waals surface area (Å²) in [6, 6.07) is 0. The molecule has 2 fully saturated rings. The molecule has 102 valence electrons. The number of carbonyl (C=O) groups excluding carboxylic acids is 2. The van der Waals surface area contributed by atoms with Crippen LogP contribution in [0, 0.1) is 0 Å². The van der Waals surface area contributed by atoms with Gasteiger partial charge in [-0.05, 0) is 13.8 Å². The summed E-state index contributed by atoms with van der Waals surface area (Å²) in [4.78, 5) is 22.4. The van der Waals surface area contributed by atoms with Crippen molar-refractivity contribution in [3.05, 3.63) is 0 Å². The molecular formula is C11H16O7. The van der Waals surface area contributed by atoms with Crippen LogP contribution in [0.15, 0.2) is 0 Å². The first kappa shape index (κ1) is 13.3. The minimum Gasteiger partial charge on any atom is -0.454 e. The van der Waals surface area contributed by atoms with Crippen molar-refractivity contribution in [2.75, 3.05) is 6.61 Å². The van der Waals surface area contributed by atoms with Crippen LogP contribution in [0.4, 0.5) is 0 Å². The van der Waals surface area contributed by atoms with Crippen LogP contribution in [0.1, 0.15) is 20.8 Å². The highest BCUT2D eigenvalue weighted by atomic mass is 16.7. The van der Waals surface area contributed by atoms with E-state index in [0.717, 1.165) is 0 Å². The Morgan fingerprint density at radius 3 is 2.67 bits per heavy atom. The van der Waals surface area contributed by atoms with E-state index in [1.165, 1.54) is 20.8 Å². The van der Waals surface area contributed by atoms with E-state index in [1.807, 2.05) is 0 Å². The maximum absolute atomic E-state index is 11.5. The van der Waals surface area contributed by atoms with Gasteiger partial charge in [0.25, 0.3) is 0 Å². The van der Waals surface area contributed by atoms with Crippen LogP contribution in [-0.4, -0.2) is 53.9 Å². The lowest BCUT2D eigenvalue weighted by Crippen LogP contribution is -2.39. The Hall–Kier alpha value is -1.18. The van der Waals surface area contributed by atoms with Gasteiger partial charge in [0.05, 0.1) is 6.61 Å². The van der Waals surface area contributed by atoms with E-state index in [1.54, 1.807) is 0 Å². The third kappa shape index (κ3) is 2.63. The van der Waals surface area contributed by atoms with Crippen molar-refractivity contribution in [3.8, 4) is 0 Å². The van der Waals surface area contributed by atoms with Gasteiger partial charge in [-0.2, -0.15) is 0 Å². The van der Waals surface area contributed by atoms with Gasteiger partial charge in [-0.15, -0.1) is 0 Å². The summed E-state index contributed by atoms with van der Waals surface area (Å²) in [5.41, 5.74) is 0. The van der Waals surface area contributed by atoms with Gasteiger partial charge in [-0.25, -0.2) is 4.79 Å². The fourth-order valence-electron chi connectivity index (χ4n) is 2.11. The second-order valence-electron chi connectivity index (χ2n) is 4.83. The number of esters is 2. The topological polar surface area (TPSA) is 91.3 Å². The monoisotopic (exact) mass is 260 g/mol. The molecule has 0 radical (unpaired) electrons. The van der Waals surface area contributed by atoms with Crippen LogP contribution >= 0.6 is 0 Å². The van der Waals surface area contributed by atoms with Crippen molar-refractivity contribution < 1.29 is 33.6 Å². The highest BCUT2D eigenvalue weighted by Crippen LogP contribution is 2.32. The van der Waals surface area contributed by atoms with Gasteiger partial charge in [0, 0.05) is 6.92 Å². The van der Waals surface area contributed by atoms with Crippen molar-refractivity contribution in [2.24, 2.45) is 0 Å². The molecule has 0 aliphatic carbocycles. The minimum atomic E-state index is -1.35. The largest absolute Gasteiger partial charge is 0.454 e. The highest BCUT2D eigenvalue weighted by molar-refractivity contribution is 5.81. The molecule has 0 aromatic rings. The van der Waals surface area contributed by atoms with Crippen LogP contribution in [0.3, 0.4) is 0 Å². The van der Waals surface area contributed by atoms with Gasteiger partial charge in [-0.3, -0.25) is 4.79 Å². The lowest BCUT2D eigenvalue weighted by atomic mass is 10.1. The Morgan fingerprint density at radius 2 is 2.11 bits per heavy atom. The van der Waals surface area contributed by atoms with Crippen LogP contribution in [0.2, 0.25) is 0 Å². The van der Waals surface area contributed by atoms with Crippen LogP contribution < -0.4 is 0 Å². The van der Waals surface area contributed by atoms with E-state index in [4.69, 9.17) is 18.9 Å². The number of fused-ring (bicyclic) bond motifs is 1. The molecule has 0 amide bonds. The molecule has 7 heteroatoms. The van der Waals surface area contributed by atoms with E-state index in [-0.39, 0.29) is 6.61 Å². The van der Waals surface area contributed by atoms with Gasteiger partial charge < -0.3 is 24.1 Å². The normalized spacial score (nSPS) is 35.2. The molecule has 0 saturated carbocycles. The van der Waals surface area contributed by atoms with Crippen LogP contribution in [0.5, 0.6) is 0 Å². The van der Waals surface area contributed by atoms with E-state index in [9.17, 15) is 14.7 Å². The lowest BCUT2D eigenvalue weighted by Gasteiger charge is -2.24. The Balaban J connectivity index is 2.05. The molecule has 0 aromatic carbocycles. The van der Waals surface area contributed by atoms with Crippen LogP contribution in [0.25, 0.3) is 0 Å². The maximum Gasteiger partial charge on any atom is 0.350 e. The molecule has 2 saturated heterocycles. The first-order valence-electron chi connectivity index (χ1n) is 5.67. The zero-order valence-electron chi connectivity index (χ0n) is 10.4. The van der Waals surface area contributed by atoms with Crippen molar-refractivity contribution in [1.82, 2.24) is 0 Å². The van der Waals surface area contributed by atoms with Gasteiger partial charge in [0.2, 0.25) is 6.10 Å². The molecule has 4 atom stereocenters. The number of carbonyl (C=O) groups is 2. The molecule has 1 N–H and O–H groups in total. The number of ether oxygens (including phenoxy) is 4. The standard InChI is InChI=1S/C11H16O7/c1-5(12)16-9-8-7(17-10(9)13)6(4-15-8)18-11(2,3)14/h6-9,14H,4H2,1-3H3. The Kier molecular flexibility index (Phi) is 3.31. The van der Waals surface area contributed by atoms with Gasteiger partial charge >= 0.3 is 11.9 Å². The quantitative estimate of drug-likeness (QED) is 0.533. The first-order chi connectivity index (χ1) is 8.28. The second-order valence-corrected chi connectivity index (χ2v) is 4.83. The molecule has 2 aliphatic rings. The Morgan fingerprint density at radius 1 is 1.44 bits per heavy atom. The molecule has 4 unspecified atom stereocenters. The van der Waals surface area contributed by atoms with Gasteiger partial charge in [0.15, 0.2) is 11.9 Å². The zero-order valence-corrected chi connectivity index (χ0v) is 10.4. The number of hydrogen-bond donors (Lipinski definition) is 1. The summed E-state index contributed by atoms with van der Waals surface area (Å²) in [6.07, 6.45) is -2.95. The average Bonchev–Trinajstić information content (AvgIpc) is 2.68. The molecule has 2 aliphatic heterocycles. The van der Waals surface area contributed by atoms with Crippen LogP contribution in [-0.2, 0) is 28.5 Å². The number of hydrogen-bond acceptors (Lipinski definition) is 7. The first-order valence-corrected chi connectivity index (χ1v) is 5.67. The molecule has 7 nitrogen and oxygen atoms in total. The maximum atomic E-state index is 11.5. The molecule has 18 heavy (non-hydrogen) atoms. The molecule has 0 spiro atoms. The fourth-order valence-corrected chi connectivity index (χ4v) is 2.11. The minimum absolute atomic E-state index is 0.171. The van der Waals surface area contributed by atoms with E-state index in [0.29, 0.717) is 0 Å². The van der Waals surface area contributed by atoms with Crippen molar-refractivity contribution >= 4 is 11.9 Å². The number of rotatable bonds is 3.